The van der Waals surface area contributed by atoms with Gasteiger partial charge in [-0.05, 0) is 31.6 Å². The first-order valence-electron chi connectivity index (χ1n) is 6.61. The Labute approximate surface area is 128 Å². The summed E-state index contributed by atoms with van der Waals surface area (Å²) in [4.78, 5) is 31.2. The fraction of sp³-hybridized carbons (Fsp3) is 0.818. The van der Waals surface area contributed by atoms with Crippen LogP contribution in [-0.4, -0.2) is 40.7 Å². The number of carbonyl (C=O) groups is 2. The molecule has 1 aliphatic rings. The summed E-state index contributed by atoms with van der Waals surface area (Å²) in [5, 5.41) is 13.7. The molecule has 1 rings (SSSR count). The number of carbonyl (C=O) groups excluding carboxylic acids is 2. The summed E-state index contributed by atoms with van der Waals surface area (Å²) in [6.07, 6.45) is 4.19. The standard InChI is InChI=1S/C10H18ClN3O2.CH4N2O2/c1-8-2-4-9(5-3-8)12-10(15)14(13-16)7-6-11;2-1(4)3-5/h8-9H,2-7H2,1H3,(H,12,15);5H,(H3,2,3,4). The number of primary amides is 1. The summed E-state index contributed by atoms with van der Waals surface area (Å²) in [5.41, 5.74) is 5.46. The number of alkyl halides is 1. The summed E-state index contributed by atoms with van der Waals surface area (Å²) in [6, 6.07) is -1.21. The van der Waals surface area contributed by atoms with Crippen molar-refractivity contribution >= 4 is 23.7 Å². The zero-order chi connectivity index (χ0) is 16.3. The van der Waals surface area contributed by atoms with E-state index in [-0.39, 0.29) is 18.5 Å². The summed E-state index contributed by atoms with van der Waals surface area (Å²) < 4.78 is 0. The van der Waals surface area contributed by atoms with E-state index in [0.29, 0.717) is 0 Å². The van der Waals surface area contributed by atoms with Gasteiger partial charge in [-0.3, -0.25) is 5.21 Å². The van der Waals surface area contributed by atoms with Gasteiger partial charge in [-0.1, -0.05) is 6.92 Å². The lowest BCUT2D eigenvalue weighted by molar-refractivity contribution is 0.169. The van der Waals surface area contributed by atoms with Crippen molar-refractivity contribution in [2.75, 3.05) is 12.4 Å². The second-order valence-corrected chi connectivity index (χ2v) is 5.15. The molecule has 0 aliphatic heterocycles. The van der Waals surface area contributed by atoms with Gasteiger partial charge in [-0.15, -0.1) is 16.5 Å². The van der Waals surface area contributed by atoms with Gasteiger partial charge < -0.3 is 11.1 Å². The topological polar surface area (TPSA) is 137 Å². The lowest BCUT2D eigenvalue weighted by Gasteiger charge is -2.27. The van der Waals surface area contributed by atoms with Crippen LogP contribution in [0.1, 0.15) is 32.6 Å². The van der Waals surface area contributed by atoms with Crippen LogP contribution in [0.3, 0.4) is 0 Å². The first-order valence-corrected chi connectivity index (χ1v) is 7.14. The van der Waals surface area contributed by atoms with Crippen LogP contribution < -0.4 is 16.5 Å². The van der Waals surface area contributed by atoms with Gasteiger partial charge in [0.1, 0.15) is 0 Å². The molecule has 4 amide bonds. The first kappa shape index (κ1) is 19.4. The molecule has 122 valence electrons. The molecule has 9 nitrogen and oxygen atoms in total. The van der Waals surface area contributed by atoms with Crippen LogP contribution in [0.5, 0.6) is 0 Å². The number of hydroxylamine groups is 1. The van der Waals surface area contributed by atoms with Gasteiger partial charge in [0.2, 0.25) is 0 Å². The molecule has 21 heavy (non-hydrogen) atoms. The average Bonchev–Trinajstić information content (AvgIpc) is 2.47. The van der Waals surface area contributed by atoms with E-state index in [1.54, 1.807) is 0 Å². The van der Waals surface area contributed by atoms with Crippen LogP contribution in [0.25, 0.3) is 0 Å². The van der Waals surface area contributed by atoms with Gasteiger partial charge in [0.25, 0.3) is 0 Å². The fourth-order valence-corrected chi connectivity index (χ4v) is 2.07. The maximum absolute atomic E-state index is 11.6. The second kappa shape index (κ2) is 11.1. The molecule has 0 unspecified atom stereocenters. The van der Waals surface area contributed by atoms with E-state index < -0.39 is 12.1 Å². The fourth-order valence-electron chi connectivity index (χ4n) is 1.91. The molecule has 0 bridgehead atoms. The molecule has 0 spiro atoms. The Morgan fingerprint density at radius 2 is 1.90 bits per heavy atom. The zero-order valence-corrected chi connectivity index (χ0v) is 12.7. The maximum Gasteiger partial charge on any atom is 0.340 e. The first-order chi connectivity index (χ1) is 9.94. The smallest absolute Gasteiger partial charge is 0.340 e. The van der Waals surface area contributed by atoms with Crippen molar-refractivity contribution in [3.05, 3.63) is 4.91 Å². The number of nitrogens with zero attached hydrogens (tertiary/aromatic N) is 2. The van der Waals surface area contributed by atoms with E-state index in [2.05, 4.69) is 23.3 Å². The van der Waals surface area contributed by atoms with Crippen molar-refractivity contribution in [2.24, 2.45) is 16.9 Å². The number of hydrogen-bond donors (Lipinski definition) is 4. The summed E-state index contributed by atoms with van der Waals surface area (Å²) in [6.45, 7) is 2.37. The minimum atomic E-state index is -0.940. The van der Waals surface area contributed by atoms with Crippen molar-refractivity contribution in [2.45, 2.75) is 38.6 Å². The number of nitrogens with two attached hydrogens (primary N) is 1. The largest absolute Gasteiger partial charge is 0.350 e. The van der Waals surface area contributed by atoms with E-state index in [1.807, 2.05) is 0 Å². The monoisotopic (exact) mass is 323 g/mol. The third-order valence-corrected chi connectivity index (χ3v) is 3.25. The molecule has 1 aliphatic carbocycles. The van der Waals surface area contributed by atoms with Crippen LogP contribution in [0.2, 0.25) is 0 Å². The SMILES string of the molecule is CC1CCC(NC(=O)N(CCCl)N=O)CC1.NC(=O)NO. The number of halogens is 1. The van der Waals surface area contributed by atoms with Gasteiger partial charge in [-0.25, -0.2) is 15.1 Å². The Balaban J connectivity index is 0.000000690. The number of nitroso groups, excluding NO2 is 1. The van der Waals surface area contributed by atoms with Crippen LogP contribution in [0.4, 0.5) is 9.59 Å². The van der Waals surface area contributed by atoms with Crippen molar-refractivity contribution in [1.29, 1.82) is 0 Å². The highest BCUT2D eigenvalue weighted by Gasteiger charge is 2.22. The predicted octanol–water partition coefficient (Wildman–Crippen LogP) is 1.54. The Kier molecular flexibility index (Phi) is 10.2. The van der Waals surface area contributed by atoms with Gasteiger partial charge in [0, 0.05) is 11.9 Å². The van der Waals surface area contributed by atoms with Crippen molar-refractivity contribution in [1.82, 2.24) is 15.8 Å². The second-order valence-electron chi connectivity index (χ2n) is 4.78. The Morgan fingerprint density at radius 3 is 2.29 bits per heavy atom. The highest BCUT2D eigenvalue weighted by atomic mass is 35.5. The predicted molar refractivity (Wildman–Crippen MR) is 77.7 cm³/mol. The molecular formula is C11H22ClN5O4. The summed E-state index contributed by atoms with van der Waals surface area (Å²) >= 11 is 5.46. The number of amides is 4. The number of hydrogen-bond acceptors (Lipinski definition) is 5. The van der Waals surface area contributed by atoms with E-state index in [1.165, 1.54) is 5.48 Å². The molecule has 5 N–H and O–H groups in total. The van der Waals surface area contributed by atoms with Crippen molar-refractivity contribution in [3.8, 4) is 0 Å². The Bertz CT molecular complexity index is 337. The molecule has 0 atom stereocenters. The summed E-state index contributed by atoms with van der Waals surface area (Å²) in [7, 11) is 0. The lowest BCUT2D eigenvalue weighted by atomic mass is 9.87. The van der Waals surface area contributed by atoms with Crippen molar-refractivity contribution in [3.63, 3.8) is 0 Å². The van der Waals surface area contributed by atoms with Gasteiger partial charge in [0.05, 0.1) is 11.8 Å². The van der Waals surface area contributed by atoms with Gasteiger partial charge in [-0.2, -0.15) is 5.01 Å². The van der Waals surface area contributed by atoms with Crippen LogP contribution in [0.15, 0.2) is 5.29 Å². The van der Waals surface area contributed by atoms with E-state index >= 15 is 0 Å². The number of rotatable bonds is 4. The number of nitrogens with one attached hydrogen (secondary N) is 2. The molecule has 0 aromatic carbocycles. The highest BCUT2D eigenvalue weighted by molar-refractivity contribution is 6.18. The zero-order valence-electron chi connectivity index (χ0n) is 11.9. The molecule has 1 saturated carbocycles. The molecule has 0 heterocycles. The van der Waals surface area contributed by atoms with Crippen molar-refractivity contribution < 1.29 is 14.8 Å². The summed E-state index contributed by atoms with van der Waals surface area (Å²) in [5.74, 6) is 0.942. The van der Waals surface area contributed by atoms with Crippen LogP contribution in [0, 0.1) is 10.8 Å². The van der Waals surface area contributed by atoms with E-state index in [4.69, 9.17) is 16.8 Å². The molecule has 1 fully saturated rings. The molecule has 0 radical (unpaired) electrons. The van der Waals surface area contributed by atoms with Gasteiger partial charge >= 0.3 is 12.1 Å². The van der Waals surface area contributed by atoms with E-state index in [9.17, 15) is 14.5 Å². The van der Waals surface area contributed by atoms with Crippen LogP contribution >= 0.6 is 11.6 Å². The average molecular weight is 324 g/mol. The van der Waals surface area contributed by atoms with E-state index in [0.717, 1.165) is 36.6 Å². The quantitative estimate of drug-likeness (QED) is 0.270. The highest BCUT2D eigenvalue weighted by Crippen LogP contribution is 2.23. The molecule has 0 aromatic rings. The lowest BCUT2D eigenvalue weighted by Crippen LogP contribution is -2.44. The molecule has 10 heteroatoms. The molecule has 0 saturated heterocycles. The Morgan fingerprint density at radius 1 is 1.38 bits per heavy atom. The maximum atomic E-state index is 11.6. The minimum absolute atomic E-state index is 0.153. The van der Waals surface area contributed by atoms with Crippen LogP contribution in [-0.2, 0) is 0 Å². The molecular weight excluding hydrogens is 302 g/mol. The minimum Gasteiger partial charge on any atom is -0.350 e. The third kappa shape index (κ3) is 9.03. The normalized spacial score (nSPS) is 20.5. The Hall–Kier alpha value is -1.61. The third-order valence-electron chi connectivity index (χ3n) is 3.08. The molecule has 0 aromatic heterocycles. The number of urea groups is 2. The van der Waals surface area contributed by atoms with Gasteiger partial charge in [0.15, 0.2) is 0 Å².